The highest BCUT2D eigenvalue weighted by atomic mass is 32.2. The SMILES string of the molecule is COc1ccc(NS(=O)(=O)c2cccc(NC(=O)CCc3cccnc3)c2)cc1. The number of amides is 1. The number of aromatic nitrogens is 1. The molecule has 1 heterocycles. The summed E-state index contributed by atoms with van der Waals surface area (Å²) in [6, 6.07) is 16.4. The van der Waals surface area contributed by atoms with Crippen LogP contribution in [-0.4, -0.2) is 26.4 Å². The molecule has 2 N–H and O–H groups in total. The quantitative estimate of drug-likeness (QED) is 0.592. The average Bonchev–Trinajstić information content (AvgIpc) is 2.73. The van der Waals surface area contributed by atoms with Crippen molar-refractivity contribution in [2.45, 2.75) is 17.7 Å². The van der Waals surface area contributed by atoms with E-state index in [1.54, 1.807) is 48.8 Å². The van der Waals surface area contributed by atoms with Gasteiger partial charge >= 0.3 is 0 Å². The van der Waals surface area contributed by atoms with Crippen LogP contribution in [0.15, 0.2) is 78.0 Å². The average molecular weight is 411 g/mol. The standard InChI is InChI=1S/C21H21N3O4S/c1-28-19-10-8-17(9-11-19)24-29(26,27)20-6-2-5-18(14-20)23-21(25)12-7-16-4-3-13-22-15-16/h2-6,8-11,13-15,24H,7,12H2,1H3,(H,23,25). The summed E-state index contributed by atoms with van der Waals surface area (Å²) in [5.74, 6) is 0.426. The lowest BCUT2D eigenvalue weighted by atomic mass is 10.1. The van der Waals surface area contributed by atoms with Crippen molar-refractivity contribution >= 4 is 27.3 Å². The second-order valence-electron chi connectivity index (χ2n) is 6.27. The maximum atomic E-state index is 12.6. The van der Waals surface area contributed by atoms with Gasteiger partial charge in [-0.05, 0) is 60.5 Å². The fourth-order valence-corrected chi connectivity index (χ4v) is 3.75. The molecular weight excluding hydrogens is 390 g/mol. The molecule has 0 fully saturated rings. The number of carbonyl (C=O) groups excluding carboxylic acids is 1. The molecule has 150 valence electrons. The first-order valence-corrected chi connectivity index (χ1v) is 10.4. The number of carbonyl (C=O) groups is 1. The van der Waals surface area contributed by atoms with Crippen molar-refractivity contribution in [3.63, 3.8) is 0 Å². The molecule has 0 saturated heterocycles. The molecule has 1 amide bonds. The smallest absolute Gasteiger partial charge is 0.261 e. The Morgan fingerprint density at radius 2 is 1.83 bits per heavy atom. The summed E-state index contributed by atoms with van der Waals surface area (Å²) in [5.41, 5.74) is 1.79. The van der Waals surface area contributed by atoms with Crippen molar-refractivity contribution in [3.8, 4) is 5.75 Å². The number of pyridine rings is 1. The van der Waals surface area contributed by atoms with E-state index >= 15 is 0 Å². The predicted molar refractivity (Wildman–Crippen MR) is 111 cm³/mol. The monoisotopic (exact) mass is 411 g/mol. The molecule has 7 nitrogen and oxygen atoms in total. The number of benzene rings is 2. The Kier molecular flexibility index (Phi) is 6.46. The zero-order valence-corrected chi connectivity index (χ0v) is 16.6. The van der Waals surface area contributed by atoms with Crippen LogP contribution in [0.1, 0.15) is 12.0 Å². The summed E-state index contributed by atoms with van der Waals surface area (Å²) in [4.78, 5) is 16.3. The van der Waals surface area contributed by atoms with E-state index in [1.807, 2.05) is 12.1 Å². The van der Waals surface area contributed by atoms with Crippen molar-refractivity contribution in [1.29, 1.82) is 0 Å². The third-order valence-corrected chi connectivity index (χ3v) is 5.51. The van der Waals surface area contributed by atoms with E-state index in [4.69, 9.17) is 4.74 Å². The molecule has 0 aliphatic rings. The van der Waals surface area contributed by atoms with Gasteiger partial charge in [0.05, 0.1) is 12.0 Å². The van der Waals surface area contributed by atoms with Crippen LogP contribution in [-0.2, 0) is 21.2 Å². The van der Waals surface area contributed by atoms with Crippen molar-refractivity contribution in [2.24, 2.45) is 0 Å². The number of anilines is 2. The first kappa shape index (κ1) is 20.3. The van der Waals surface area contributed by atoms with E-state index in [2.05, 4.69) is 15.0 Å². The molecule has 1 aromatic heterocycles. The second-order valence-corrected chi connectivity index (χ2v) is 7.95. The number of hydrogen-bond acceptors (Lipinski definition) is 5. The molecule has 0 saturated carbocycles. The van der Waals surface area contributed by atoms with E-state index in [1.165, 1.54) is 19.2 Å². The van der Waals surface area contributed by atoms with E-state index in [9.17, 15) is 13.2 Å². The summed E-state index contributed by atoms with van der Waals surface area (Å²) in [7, 11) is -2.26. The van der Waals surface area contributed by atoms with Gasteiger partial charge < -0.3 is 10.1 Å². The zero-order valence-electron chi connectivity index (χ0n) is 15.8. The fraction of sp³-hybridized carbons (Fsp3) is 0.143. The third kappa shape index (κ3) is 5.79. The number of ether oxygens (including phenoxy) is 1. The van der Waals surface area contributed by atoms with Crippen LogP contribution >= 0.6 is 0 Å². The Morgan fingerprint density at radius 3 is 2.52 bits per heavy atom. The number of hydrogen-bond donors (Lipinski definition) is 2. The first-order valence-electron chi connectivity index (χ1n) is 8.92. The van der Waals surface area contributed by atoms with Crippen LogP contribution in [0, 0.1) is 0 Å². The summed E-state index contributed by atoms with van der Waals surface area (Å²) in [6.45, 7) is 0. The maximum Gasteiger partial charge on any atom is 0.261 e. The minimum Gasteiger partial charge on any atom is -0.497 e. The summed E-state index contributed by atoms with van der Waals surface area (Å²) >= 11 is 0. The molecule has 3 rings (SSSR count). The van der Waals surface area contributed by atoms with Crippen LogP contribution in [0.25, 0.3) is 0 Å². The lowest BCUT2D eigenvalue weighted by Gasteiger charge is -2.11. The van der Waals surface area contributed by atoms with Crippen LogP contribution in [0.5, 0.6) is 5.75 Å². The van der Waals surface area contributed by atoms with Gasteiger partial charge in [0.15, 0.2) is 0 Å². The Balaban J connectivity index is 1.65. The number of nitrogens with zero attached hydrogens (tertiary/aromatic N) is 1. The molecule has 0 radical (unpaired) electrons. The molecule has 0 bridgehead atoms. The maximum absolute atomic E-state index is 12.6. The highest BCUT2D eigenvalue weighted by Crippen LogP contribution is 2.21. The Hall–Kier alpha value is -3.39. The van der Waals surface area contributed by atoms with Gasteiger partial charge in [0.2, 0.25) is 5.91 Å². The number of aryl methyl sites for hydroxylation is 1. The molecule has 0 spiro atoms. The number of methoxy groups -OCH3 is 1. The Labute approximate surface area is 169 Å². The van der Waals surface area contributed by atoms with Crippen molar-refractivity contribution in [1.82, 2.24) is 4.98 Å². The molecule has 3 aromatic rings. The topological polar surface area (TPSA) is 97.4 Å². The van der Waals surface area contributed by atoms with E-state index in [0.717, 1.165) is 5.56 Å². The predicted octanol–water partition coefficient (Wildman–Crippen LogP) is 3.46. The van der Waals surface area contributed by atoms with E-state index in [0.29, 0.717) is 23.5 Å². The minimum absolute atomic E-state index is 0.0541. The van der Waals surface area contributed by atoms with Gasteiger partial charge in [0.1, 0.15) is 5.75 Å². The van der Waals surface area contributed by atoms with Gasteiger partial charge in [-0.15, -0.1) is 0 Å². The summed E-state index contributed by atoms with van der Waals surface area (Å²) < 4.78 is 32.9. The first-order chi connectivity index (χ1) is 14.0. The largest absolute Gasteiger partial charge is 0.497 e. The van der Waals surface area contributed by atoms with Gasteiger partial charge in [-0.25, -0.2) is 8.42 Å². The molecule has 8 heteroatoms. The van der Waals surface area contributed by atoms with Crippen LogP contribution < -0.4 is 14.8 Å². The Bertz CT molecular complexity index is 1070. The van der Waals surface area contributed by atoms with Gasteiger partial charge in [-0.1, -0.05) is 12.1 Å². The summed E-state index contributed by atoms with van der Waals surface area (Å²) in [6.07, 6.45) is 4.21. The van der Waals surface area contributed by atoms with Crippen LogP contribution in [0.2, 0.25) is 0 Å². The molecule has 2 aromatic carbocycles. The fourth-order valence-electron chi connectivity index (χ4n) is 2.64. The Morgan fingerprint density at radius 1 is 1.03 bits per heavy atom. The highest BCUT2D eigenvalue weighted by Gasteiger charge is 2.15. The second kappa shape index (κ2) is 9.20. The number of rotatable bonds is 8. The molecule has 0 atom stereocenters. The normalized spacial score (nSPS) is 10.9. The van der Waals surface area contributed by atoms with Crippen LogP contribution in [0.3, 0.4) is 0 Å². The van der Waals surface area contributed by atoms with Crippen molar-refractivity contribution in [2.75, 3.05) is 17.1 Å². The number of sulfonamides is 1. The lowest BCUT2D eigenvalue weighted by molar-refractivity contribution is -0.116. The van der Waals surface area contributed by atoms with Gasteiger partial charge in [0.25, 0.3) is 10.0 Å². The molecule has 0 unspecified atom stereocenters. The van der Waals surface area contributed by atoms with Crippen molar-refractivity contribution in [3.05, 3.63) is 78.6 Å². The molecule has 0 aliphatic heterocycles. The van der Waals surface area contributed by atoms with Crippen molar-refractivity contribution < 1.29 is 17.9 Å². The summed E-state index contributed by atoms with van der Waals surface area (Å²) in [5, 5.41) is 2.74. The van der Waals surface area contributed by atoms with E-state index < -0.39 is 10.0 Å². The highest BCUT2D eigenvalue weighted by molar-refractivity contribution is 7.92. The molecule has 0 aliphatic carbocycles. The zero-order chi connectivity index (χ0) is 20.7. The van der Waals surface area contributed by atoms with Gasteiger partial charge in [-0.2, -0.15) is 0 Å². The van der Waals surface area contributed by atoms with Crippen LogP contribution in [0.4, 0.5) is 11.4 Å². The van der Waals surface area contributed by atoms with Gasteiger partial charge in [-0.3, -0.25) is 14.5 Å². The molecule has 29 heavy (non-hydrogen) atoms. The number of nitrogens with one attached hydrogen (secondary N) is 2. The van der Waals surface area contributed by atoms with Gasteiger partial charge in [0, 0.05) is 30.2 Å². The molecular formula is C21H21N3O4S. The lowest BCUT2D eigenvalue weighted by Crippen LogP contribution is -2.15. The minimum atomic E-state index is -3.80. The third-order valence-electron chi connectivity index (χ3n) is 4.13. The van der Waals surface area contributed by atoms with E-state index in [-0.39, 0.29) is 17.2 Å².